The number of halogens is 1. The molecule has 1 rings (SSSR count). The van der Waals surface area contributed by atoms with Crippen molar-refractivity contribution in [3.8, 4) is 0 Å². The Morgan fingerprint density at radius 1 is 1.25 bits per heavy atom. The summed E-state index contributed by atoms with van der Waals surface area (Å²) in [5.74, 6) is -0.401. The molecule has 0 aliphatic heterocycles. The Morgan fingerprint density at radius 2 is 1.82 bits per heavy atom. The molecule has 7 heteroatoms. The Morgan fingerprint density at radius 3 is 2.21 bits per heavy atom. The number of aldehydes is 1. The van der Waals surface area contributed by atoms with Crippen LogP contribution in [0.4, 0.5) is 9.18 Å². The fraction of sp³-hybridized carbons (Fsp3) is 0.619. The van der Waals surface area contributed by atoms with Gasteiger partial charge in [0, 0.05) is 5.54 Å². The zero-order chi connectivity index (χ0) is 21.9. The van der Waals surface area contributed by atoms with Crippen molar-refractivity contribution in [1.82, 2.24) is 4.90 Å². The first-order valence-corrected chi connectivity index (χ1v) is 12.4. The van der Waals surface area contributed by atoms with Gasteiger partial charge in [0.1, 0.15) is 18.2 Å². The number of hydrogen-bond donors (Lipinski definition) is 1. The van der Waals surface area contributed by atoms with E-state index in [1.165, 1.54) is 17.0 Å². The molecule has 1 aromatic rings. The third-order valence-corrected chi connectivity index (χ3v) is 9.82. The summed E-state index contributed by atoms with van der Waals surface area (Å²) < 4.78 is 20.0. The molecule has 0 aliphatic rings. The van der Waals surface area contributed by atoms with Crippen molar-refractivity contribution in [2.45, 2.75) is 83.8 Å². The van der Waals surface area contributed by atoms with Gasteiger partial charge in [-0.3, -0.25) is 4.90 Å². The minimum atomic E-state index is -2.34. The number of amides is 1. The molecule has 0 spiro atoms. The van der Waals surface area contributed by atoms with E-state index in [1.54, 1.807) is 32.9 Å². The Labute approximate surface area is 169 Å². The molecule has 0 bridgehead atoms. The molecule has 1 aromatic carbocycles. The van der Waals surface area contributed by atoms with Gasteiger partial charge in [-0.25, -0.2) is 9.18 Å². The van der Waals surface area contributed by atoms with Crippen LogP contribution in [-0.4, -0.2) is 48.4 Å². The van der Waals surface area contributed by atoms with E-state index in [2.05, 4.69) is 20.8 Å². The summed E-state index contributed by atoms with van der Waals surface area (Å²) in [7, 11) is -2.34. The summed E-state index contributed by atoms with van der Waals surface area (Å²) in [4.78, 5) is 25.4. The van der Waals surface area contributed by atoms with Gasteiger partial charge in [-0.15, -0.1) is 0 Å². The second-order valence-corrected chi connectivity index (χ2v) is 14.5. The minimum Gasteiger partial charge on any atom is -0.465 e. The maximum absolute atomic E-state index is 13.7. The standard InChI is InChI=1S/C21H34FNO4Si/c1-20(2,3)23(19(25)26)17(13-15-10-9-11-16(22)12-15)18(14-24)27-28(7,8)21(4,5)6/h9-12,14,17-18H,13H2,1-8H3,(H,25,26)/t17-,18+/m0/s1. The summed E-state index contributed by atoms with van der Waals surface area (Å²) in [6.07, 6.45) is -1.22. The van der Waals surface area contributed by atoms with Crippen molar-refractivity contribution in [1.29, 1.82) is 0 Å². The van der Waals surface area contributed by atoms with E-state index >= 15 is 0 Å². The van der Waals surface area contributed by atoms with Crippen LogP contribution in [0.15, 0.2) is 24.3 Å². The molecule has 0 heterocycles. The number of carbonyl (C=O) groups is 2. The van der Waals surface area contributed by atoms with E-state index in [1.807, 2.05) is 13.1 Å². The molecular formula is C21H34FNO4Si. The van der Waals surface area contributed by atoms with E-state index in [4.69, 9.17) is 4.43 Å². The molecule has 1 N–H and O–H groups in total. The van der Waals surface area contributed by atoms with E-state index < -0.39 is 37.9 Å². The highest BCUT2D eigenvalue weighted by molar-refractivity contribution is 6.74. The summed E-state index contributed by atoms with van der Waals surface area (Å²) in [6, 6.07) is 5.23. The molecule has 0 aromatic heterocycles. The average Bonchev–Trinajstić information content (AvgIpc) is 2.49. The fourth-order valence-corrected chi connectivity index (χ4v) is 4.15. The third-order valence-electron chi connectivity index (χ3n) is 5.34. The molecule has 158 valence electrons. The van der Waals surface area contributed by atoms with Crippen molar-refractivity contribution < 1.29 is 23.5 Å². The zero-order valence-electron chi connectivity index (χ0n) is 18.2. The van der Waals surface area contributed by atoms with Crippen LogP contribution in [0.5, 0.6) is 0 Å². The predicted octanol–water partition coefficient (Wildman–Crippen LogP) is 5.10. The number of nitrogens with zero attached hydrogens (tertiary/aromatic N) is 1. The van der Waals surface area contributed by atoms with Crippen LogP contribution in [0, 0.1) is 5.82 Å². The van der Waals surface area contributed by atoms with Crippen LogP contribution in [0.25, 0.3) is 0 Å². The number of benzene rings is 1. The largest absolute Gasteiger partial charge is 0.465 e. The first-order chi connectivity index (χ1) is 12.6. The molecule has 28 heavy (non-hydrogen) atoms. The van der Waals surface area contributed by atoms with Crippen molar-refractivity contribution >= 4 is 20.7 Å². The third kappa shape index (κ3) is 6.14. The summed E-state index contributed by atoms with van der Waals surface area (Å²) in [6.45, 7) is 15.5. The van der Waals surface area contributed by atoms with Crippen LogP contribution >= 0.6 is 0 Å². The van der Waals surface area contributed by atoms with Gasteiger partial charge in [0.15, 0.2) is 8.32 Å². The summed E-state index contributed by atoms with van der Waals surface area (Å²) in [5.41, 5.74) is -0.145. The van der Waals surface area contributed by atoms with Gasteiger partial charge in [0.2, 0.25) is 0 Å². The first-order valence-electron chi connectivity index (χ1n) is 9.50. The van der Waals surface area contributed by atoms with E-state index in [0.29, 0.717) is 11.8 Å². The smallest absolute Gasteiger partial charge is 0.408 e. The van der Waals surface area contributed by atoms with Crippen molar-refractivity contribution in [3.63, 3.8) is 0 Å². The van der Waals surface area contributed by atoms with Crippen LogP contribution in [-0.2, 0) is 15.6 Å². The van der Waals surface area contributed by atoms with Crippen LogP contribution < -0.4 is 0 Å². The predicted molar refractivity (Wildman–Crippen MR) is 112 cm³/mol. The highest BCUT2D eigenvalue weighted by Crippen LogP contribution is 2.38. The quantitative estimate of drug-likeness (QED) is 0.500. The number of carbonyl (C=O) groups excluding carboxylic acids is 1. The molecule has 2 atom stereocenters. The molecule has 0 radical (unpaired) electrons. The van der Waals surface area contributed by atoms with Crippen molar-refractivity contribution in [2.75, 3.05) is 0 Å². The molecule has 0 aliphatic carbocycles. The SMILES string of the molecule is CC(C)(C)N(C(=O)O)[C@@H](Cc1cccc(F)c1)[C@@H](C=O)O[Si](C)(C)C(C)(C)C. The molecule has 5 nitrogen and oxygen atoms in total. The number of hydrogen-bond acceptors (Lipinski definition) is 3. The van der Waals surface area contributed by atoms with E-state index in [9.17, 15) is 19.1 Å². The highest BCUT2D eigenvalue weighted by atomic mass is 28.4. The second-order valence-electron chi connectivity index (χ2n) is 9.70. The first kappa shape index (κ1) is 24.3. The van der Waals surface area contributed by atoms with Gasteiger partial charge in [-0.05, 0) is 63.0 Å². The molecule has 0 unspecified atom stereocenters. The van der Waals surface area contributed by atoms with Crippen molar-refractivity contribution in [2.24, 2.45) is 0 Å². The number of rotatable bonds is 7. The maximum Gasteiger partial charge on any atom is 0.408 e. The lowest BCUT2D eigenvalue weighted by Gasteiger charge is -2.45. The molecular weight excluding hydrogens is 377 g/mol. The van der Waals surface area contributed by atoms with Gasteiger partial charge < -0.3 is 14.3 Å². The lowest BCUT2D eigenvalue weighted by molar-refractivity contribution is -0.117. The molecule has 0 saturated carbocycles. The van der Waals surface area contributed by atoms with Gasteiger partial charge >= 0.3 is 6.09 Å². The maximum atomic E-state index is 13.7. The van der Waals surface area contributed by atoms with E-state index in [-0.39, 0.29) is 11.5 Å². The fourth-order valence-electron chi connectivity index (χ4n) is 2.90. The Kier molecular flexibility index (Phi) is 7.58. The number of carboxylic acid groups (broad SMARTS) is 1. The molecule has 1 amide bonds. The monoisotopic (exact) mass is 411 g/mol. The summed E-state index contributed by atoms with van der Waals surface area (Å²) in [5, 5.41) is 9.76. The van der Waals surface area contributed by atoms with Gasteiger partial charge in [0.25, 0.3) is 0 Å². The van der Waals surface area contributed by atoms with Gasteiger partial charge in [-0.2, -0.15) is 0 Å². The van der Waals surface area contributed by atoms with Crippen LogP contribution in [0.1, 0.15) is 47.1 Å². The summed E-state index contributed by atoms with van der Waals surface area (Å²) >= 11 is 0. The minimum absolute atomic E-state index is 0.145. The van der Waals surface area contributed by atoms with Crippen LogP contribution in [0.2, 0.25) is 18.1 Å². The topological polar surface area (TPSA) is 66.8 Å². The van der Waals surface area contributed by atoms with E-state index in [0.717, 1.165) is 0 Å². The van der Waals surface area contributed by atoms with Crippen molar-refractivity contribution in [3.05, 3.63) is 35.6 Å². The molecule has 0 fully saturated rings. The lowest BCUT2D eigenvalue weighted by Crippen LogP contribution is -2.59. The second kappa shape index (κ2) is 8.74. The normalized spacial score (nSPS) is 15.0. The van der Waals surface area contributed by atoms with Gasteiger partial charge in [0.05, 0.1) is 6.04 Å². The highest BCUT2D eigenvalue weighted by Gasteiger charge is 2.44. The van der Waals surface area contributed by atoms with Gasteiger partial charge in [-0.1, -0.05) is 32.9 Å². The lowest BCUT2D eigenvalue weighted by atomic mass is 9.95. The Bertz CT molecular complexity index is 694. The van der Waals surface area contributed by atoms with Crippen LogP contribution in [0.3, 0.4) is 0 Å². The molecule has 0 saturated heterocycles. The Balaban J connectivity index is 3.41. The zero-order valence-corrected chi connectivity index (χ0v) is 19.2. The Hall–Kier alpha value is -1.73. The average molecular weight is 412 g/mol.